The molecule has 1 aromatic carbocycles. The molecule has 5 heteroatoms. The van der Waals surface area contributed by atoms with E-state index in [2.05, 4.69) is 24.3 Å². The maximum atomic E-state index is 11.9. The molecule has 1 rings (SSSR count). The van der Waals surface area contributed by atoms with E-state index in [0.29, 0.717) is 13.1 Å². The highest BCUT2D eigenvalue weighted by Gasteiger charge is 2.07. The molecule has 0 saturated carbocycles. The van der Waals surface area contributed by atoms with Crippen LogP contribution < -0.4 is 11.1 Å². The van der Waals surface area contributed by atoms with Crippen LogP contribution in [0.2, 0.25) is 0 Å². The summed E-state index contributed by atoms with van der Waals surface area (Å²) in [6, 6.07) is 7.63. The number of likely N-dealkylation sites (N-methyl/N-ethyl adjacent to an activating group) is 1. The van der Waals surface area contributed by atoms with E-state index >= 15 is 0 Å². The fraction of sp³-hybridized carbons (Fsp3) is 0.533. The van der Waals surface area contributed by atoms with Gasteiger partial charge in [0, 0.05) is 12.2 Å². The molecule has 0 aliphatic heterocycles. The van der Waals surface area contributed by atoms with Crippen molar-refractivity contribution < 1.29 is 4.79 Å². The monoisotopic (exact) mass is 278 g/mol. The van der Waals surface area contributed by atoms with E-state index in [1.165, 1.54) is 0 Å². The van der Waals surface area contributed by atoms with Gasteiger partial charge in [0.1, 0.15) is 0 Å². The average Bonchev–Trinajstić information content (AvgIpc) is 2.38. The third kappa shape index (κ3) is 6.65. The minimum Gasteiger partial charge on any atom is -0.326 e. The average molecular weight is 278 g/mol. The van der Waals surface area contributed by atoms with Gasteiger partial charge in [-0.25, -0.2) is 0 Å². The molecule has 1 amide bonds. The lowest BCUT2D eigenvalue weighted by Gasteiger charge is -2.17. The lowest BCUT2D eigenvalue weighted by Crippen LogP contribution is -2.32. The second kappa shape index (κ2) is 8.68. The standard InChI is InChI=1S/C15H26N4O/c1-18(2)8-5-9-19(3)12-15(20)17-14-7-4-6-13(10-14)11-16/h4,6-7,10H,5,8-9,11-12,16H2,1-3H3,(H,17,20). The van der Waals surface area contributed by atoms with Crippen molar-refractivity contribution in [2.24, 2.45) is 5.73 Å². The summed E-state index contributed by atoms with van der Waals surface area (Å²) in [7, 11) is 6.07. The van der Waals surface area contributed by atoms with Crippen LogP contribution in [0.5, 0.6) is 0 Å². The minimum absolute atomic E-state index is 0.00604. The number of benzene rings is 1. The maximum absolute atomic E-state index is 11.9. The molecule has 3 N–H and O–H groups in total. The highest BCUT2D eigenvalue weighted by Crippen LogP contribution is 2.09. The first-order valence-electron chi connectivity index (χ1n) is 6.93. The lowest BCUT2D eigenvalue weighted by molar-refractivity contribution is -0.117. The Balaban J connectivity index is 2.35. The van der Waals surface area contributed by atoms with Crippen LogP contribution in [0.25, 0.3) is 0 Å². The molecule has 0 atom stereocenters. The van der Waals surface area contributed by atoms with Crippen LogP contribution in [0.3, 0.4) is 0 Å². The summed E-state index contributed by atoms with van der Waals surface area (Å²) in [5, 5.41) is 2.90. The minimum atomic E-state index is 0.00604. The molecular weight excluding hydrogens is 252 g/mol. The third-order valence-electron chi connectivity index (χ3n) is 3.01. The first kappa shape index (κ1) is 16.6. The van der Waals surface area contributed by atoms with Gasteiger partial charge in [0.15, 0.2) is 0 Å². The highest BCUT2D eigenvalue weighted by molar-refractivity contribution is 5.92. The summed E-state index contributed by atoms with van der Waals surface area (Å²) in [6.07, 6.45) is 1.05. The number of rotatable bonds is 8. The van der Waals surface area contributed by atoms with Crippen molar-refractivity contribution in [3.63, 3.8) is 0 Å². The summed E-state index contributed by atoms with van der Waals surface area (Å²) >= 11 is 0. The molecule has 5 nitrogen and oxygen atoms in total. The second-order valence-electron chi connectivity index (χ2n) is 5.35. The molecule has 1 aromatic rings. The van der Waals surface area contributed by atoms with Crippen LogP contribution in [-0.2, 0) is 11.3 Å². The Morgan fingerprint density at radius 3 is 2.65 bits per heavy atom. The summed E-state index contributed by atoms with van der Waals surface area (Å²) in [4.78, 5) is 16.1. The number of nitrogens with one attached hydrogen (secondary N) is 1. The maximum Gasteiger partial charge on any atom is 0.238 e. The van der Waals surface area contributed by atoms with Crippen LogP contribution in [0, 0.1) is 0 Å². The first-order chi connectivity index (χ1) is 9.51. The lowest BCUT2D eigenvalue weighted by atomic mass is 10.2. The smallest absolute Gasteiger partial charge is 0.238 e. The van der Waals surface area contributed by atoms with Gasteiger partial charge in [0.05, 0.1) is 6.54 Å². The van der Waals surface area contributed by atoms with Crippen LogP contribution in [-0.4, -0.2) is 56.5 Å². The number of nitrogens with two attached hydrogens (primary N) is 1. The number of hydrogen-bond acceptors (Lipinski definition) is 4. The van der Waals surface area contributed by atoms with E-state index in [1.807, 2.05) is 36.2 Å². The topological polar surface area (TPSA) is 61.6 Å². The van der Waals surface area contributed by atoms with Gasteiger partial charge in [-0.05, 0) is 58.3 Å². The van der Waals surface area contributed by atoms with Crippen LogP contribution >= 0.6 is 0 Å². The zero-order chi connectivity index (χ0) is 15.0. The van der Waals surface area contributed by atoms with Gasteiger partial charge in [-0.3, -0.25) is 9.69 Å². The van der Waals surface area contributed by atoms with E-state index in [1.54, 1.807) is 0 Å². The summed E-state index contributed by atoms with van der Waals surface area (Å²) in [6.45, 7) is 2.83. The zero-order valence-corrected chi connectivity index (χ0v) is 12.7. The molecule has 0 radical (unpaired) electrons. The summed E-state index contributed by atoms with van der Waals surface area (Å²) in [5.74, 6) is 0.00604. The molecule has 0 saturated heterocycles. The number of carbonyl (C=O) groups excluding carboxylic acids is 1. The molecule has 0 spiro atoms. The molecule has 0 aromatic heterocycles. The van der Waals surface area contributed by atoms with Gasteiger partial charge in [-0.15, -0.1) is 0 Å². The molecule has 0 fully saturated rings. The molecule has 0 heterocycles. The van der Waals surface area contributed by atoms with Crippen molar-refractivity contribution in [1.82, 2.24) is 9.80 Å². The van der Waals surface area contributed by atoms with Gasteiger partial charge in [0.25, 0.3) is 0 Å². The van der Waals surface area contributed by atoms with Crippen molar-refractivity contribution in [3.05, 3.63) is 29.8 Å². The quantitative estimate of drug-likeness (QED) is 0.744. The van der Waals surface area contributed by atoms with Gasteiger partial charge in [0.2, 0.25) is 5.91 Å². The summed E-state index contributed by atoms with van der Waals surface area (Å²) in [5.41, 5.74) is 7.41. The number of anilines is 1. The zero-order valence-electron chi connectivity index (χ0n) is 12.7. The van der Waals surface area contributed by atoms with Crippen molar-refractivity contribution >= 4 is 11.6 Å². The van der Waals surface area contributed by atoms with Crippen molar-refractivity contribution in [2.45, 2.75) is 13.0 Å². The number of carbonyl (C=O) groups is 1. The Morgan fingerprint density at radius 2 is 2.00 bits per heavy atom. The third-order valence-corrected chi connectivity index (χ3v) is 3.01. The Labute approximate surface area is 121 Å². The van der Waals surface area contributed by atoms with Crippen LogP contribution in [0.1, 0.15) is 12.0 Å². The molecule has 0 bridgehead atoms. The van der Waals surface area contributed by atoms with Crippen molar-refractivity contribution in [1.29, 1.82) is 0 Å². The molecule has 20 heavy (non-hydrogen) atoms. The fourth-order valence-electron chi connectivity index (χ4n) is 1.96. The number of hydrogen-bond donors (Lipinski definition) is 2. The van der Waals surface area contributed by atoms with Crippen LogP contribution in [0.15, 0.2) is 24.3 Å². The second-order valence-corrected chi connectivity index (χ2v) is 5.35. The predicted molar refractivity (Wildman–Crippen MR) is 83.6 cm³/mol. The Morgan fingerprint density at radius 1 is 1.25 bits per heavy atom. The van der Waals surface area contributed by atoms with E-state index in [9.17, 15) is 4.79 Å². The van der Waals surface area contributed by atoms with Gasteiger partial charge < -0.3 is 16.0 Å². The summed E-state index contributed by atoms with van der Waals surface area (Å²) < 4.78 is 0. The van der Waals surface area contributed by atoms with Gasteiger partial charge in [-0.2, -0.15) is 0 Å². The largest absolute Gasteiger partial charge is 0.326 e. The Kier molecular flexibility index (Phi) is 7.22. The van der Waals surface area contributed by atoms with E-state index in [4.69, 9.17) is 5.73 Å². The molecule has 0 aliphatic rings. The Hall–Kier alpha value is -1.43. The predicted octanol–water partition coefficient (Wildman–Crippen LogP) is 0.967. The normalized spacial score (nSPS) is 11.1. The molecular formula is C15H26N4O. The molecule has 112 valence electrons. The molecule has 0 aliphatic carbocycles. The van der Waals surface area contributed by atoms with E-state index < -0.39 is 0 Å². The SMILES string of the molecule is CN(C)CCCN(C)CC(=O)Nc1cccc(CN)c1. The number of amides is 1. The fourth-order valence-corrected chi connectivity index (χ4v) is 1.96. The highest BCUT2D eigenvalue weighted by atomic mass is 16.2. The van der Waals surface area contributed by atoms with Crippen molar-refractivity contribution in [2.75, 3.05) is 46.1 Å². The van der Waals surface area contributed by atoms with Crippen LogP contribution in [0.4, 0.5) is 5.69 Å². The van der Waals surface area contributed by atoms with E-state index in [0.717, 1.165) is 30.8 Å². The van der Waals surface area contributed by atoms with Crippen molar-refractivity contribution in [3.8, 4) is 0 Å². The first-order valence-corrected chi connectivity index (χ1v) is 6.93. The van der Waals surface area contributed by atoms with Gasteiger partial charge >= 0.3 is 0 Å². The number of nitrogens with zero attached hydrogens (tertiary/aromatic N) is 2. The van der Waals surface area contributed by atoms with Gasteiger partial charge in [-0.1, -0.05) is 12.1 Å². The molecule has 0 unspecified atom stereocenters. The van der Waals surface area contributed by atoms with E-state index in [-0.39, 0.29) is 5.91 Å². The Bertz CT molecular complexity index is 420.